The smallest absolute Gasteiger partial charge is 0.224 e. The zero-order valence-corrected chi connectivity index (χ0v) is 13.4. The van der Waals surface area contributed by atoms with Gasteiger partial charge in [0.05, 0.1) is 13.2 Å². The van der Waals surface area contributed by atoms with E-state index in [0.717, 1.165) is 56.0 Å². The Morgan fingerprint density at radius 3 is 2.43 bits per heavy atom. The van der Waals surface area contributed by atoms with Crippen LogP contribution >= 0.6 is 0 Å². The molecule has 1 fully saturated rings. The first-order chi connectivity index (χ1) is 10.1. The predicted molar refractivity (Wildman–Crippen MR) is 87.1 cm³/mol. The van der Waals surface area contributed by atoms with Crippen molar-refractivity contribution >= 4 is 17.3 Å². The van der Waals surface area contributed by atoms with Crippen molar-refractivity contribution in [2.45, 2.75) is 40.0 Å². The molecule has 0 aliphatic carbocycles. The largest absolute Gasteiger partial charge is 0.378 e. The van der Waals surface area contributed by atoms with Gasteiger partial charge >= 0.3 is 0 Å². The van der Waals surface area contributed by atoms with Crippen LogP contribution in [0.5, 0.6) is 0 Å². The molecule has 116 valence electrons. The number of morpholine rings is 1. The third kappa shape index (κ3) is 4.21. The van der Waals surface area contributed by atoms with Crippen molar-refractivity contribution in [2.24, 2.45) is 0 Å². The molecule has 1 aromatic carbocycles. The summed E-state index contributed by atoms with van der Waals surface area (Å²) in [6.45, 7) is 9.66. The quantitative estimate of drug-likeness (QED) is 0.905. The van der Waals surface area contributed by atoms with E-state index in [1.165, 1.54) is 5.69 Å². The summed E-state index contributed by atoms with van der Waals surface area (Å²) in [4.78, 5) is 14.3. The van der Waals surface area contributed by atoms with E-state index in [2.05, 4.69) is 43.1 Å². The molecule has 0 radical (unpaired) electrons. The lowest BCUT2D eigenvalue weighted by molar-refractivity contribution is -0.116. The van der Waals surface area contributed by atoms with Crippen molar-refractivity contribution in [3.63, 3.8) is 0 Å². The number of benzene rings is 1. The van der Waals surface area contributed by atoms with Gasteiger partial charge in [-0.15, -0.1) is 0 Å². The second-order valence-corrected chi connectivity index (χ2v) is 5.71. The van der Waals surface area contributed by atoms with Crippen molar-refractivity contribution in [3.8, 4) is 0 Å². The average Bonchev–Trinajstić information content (AvgIpc) is 2.49. The van der Waals surface area contributed by atoms with Gasteiger partial charge in [-0.25, -0.2) is 0 Å². The maximum Gasteiger partial charge on any atom is 0.224 e. The third-order valence-electron chi connectivity index (χ3n) is 3.92. The van der Waals surface area contributed by atoms with E-state index >= 15 is 0 Å². The molecule has 0 aromatic heterocycles. The molecule has 4 heteroatoms. The Morgan fingerprint density at radius 1 is 1.24 bits per heavy atom. The number of nitrogens with zero attached hydrogens (tertiary/aromatic N) is 1. The molecule has 0 spiro atoms. The predicted octanol–water partition coefficient (Wildman–Crippen LogP) is 3.27. The molecule has 2 rings (SSSR count). The molecular formula is C17H26N2O2. The molecule has 1 aliphatic rings. The molecule has 21 heavy (non-hydrogen) atoms. The Hall–Kier alpha value is -1.55. The number of amides is 1. The molecular weight excluding hydrogens is 264 g/mol. The number of anilines is 2. The SMILES string of the molecule is CCCCC(=O)Nc1c(C)cc(N2CCOCC2)cc1C. The number of hydrogen-bond acceptors (Lipinski definition) is 3. The van der Waals surface area contributed by atoms with Gasteiger partial charge in [0, 0.05) is 30.9 Å². The summed E-state index contributed by atoms with van der Waals surface area (Å²) in [5.74, 6) is 0.113. The molecule has 0 atom stereocenters. The summed E-state index contributed by atoms with van der Waals surface area (Å²) in [6, 6.07) is 4.32. The van der Waals surface area contributed by atoms with Gasteiger partial charge in [0.25, 0.3) is 0 Å². The van der Waals surface area contributed by atoms with E-state index in [-0.39, 0.29) is 5.91 Å². The second kappa shape index (κ2) is 7.46. The standard InChI is InChI=1S/C17H26N2O2/c1-4-5-6-16(20)18-17-13(2)11-15(12-14(17)3)19-7-9-21-10-8-19/h11-12H,4-10H2,1-3H3,(H,18,20). The molecule has 1 heterocycles. The molecule has 0 unspecified atom stereocenters. The first kappa shape index (κ1) is 15.8. The highest BCUT2D eigenvalue weighted by molar-refractivity contribution is 5.92. The minimum atomic E-state index is 0.113. The highest BCUT2D eigenvalue weighted by Gasteiger charge is 2.14. The minimum absolute atomic E-state index is 0.113. The van der Waals surface area contributed by atoms with Crippen LogP contribution in [0.25, 0.3) is 0 Å². The fourth-order valence-corrected chi connectivity index (χ4v) is 2.68. The van der Waals surface area contributed by atoms with Gasteiger partial charge in [-0.3, -0.25) is 4.79 Å². The lowest BCUT2D eigenvalue weighted by Gasteiger charge is -2.30. The summed E-state index contributed by atoms with van der Waals surface area (Å²) in [5.41, 5.74) is 4.44. The van der Waals surface area contributed by atoms with Crippen molar-refractivity contribution in [1.29, 1.82) is 0 Å². The molecule has 4 nitrogen and oxygen atoms in total. The fraction of sp³-hybridized carbons (Fsp3) is 0.588. The zero-order chi connectivity index (χ0) is 15.2. The van der Waals surface area contributed by atoms with Crippen LogP contribution in [0.4, 0.5) is 11.4 Å². The first-order valence-electron chi connectivity index (χ1n) is 7.85. The summed E-state index contributed by atoms with van der Waals surface area (Å²) in [5, 5.41) is 3.06. The molecule has 1 saturated heterocycles. The number of rotatable bonds is 5. The number of nitrogens with one attached hydrogen (secondary N) is 1. The summed E-state index contributed by atoms with van der Waals surface area (Å²) in [7, 11) is 0. The Bertz CT molecular complexity index is 471. The van der Waals surface area contributed by atoms with Crippen LogP contribution in [0, 0.1) is 13.8 Å². The van der Waals surface area contributed by atoms with Crippen LogP contribution in [0.3, 0.4) is 0 Å². The number of hydrogen-bond donors (Lipinski definition) is 1. The van der Waals surface area contributed by atoms with Gasteiger partial charge < -0.3 is 15.0 Å². The molecule has 1 amide bonds. The molecule has 0 saturated carbocycles. The maximum atomic E-state index is 11.9. The monoisotopic (exact) mass is 290 g/mol. The normalized spacial score (nSPS) is 15.1. The number of carbonyl (C=O) groups is 1. The molecule has 1 N–H and O–H groups in total. The van der Waals surface area contributed by atoms with E-state index in [1.807, 2.05) is 0 Å². The number of aryl methyl sites for hydroxylation is 2. The first-order valence-corrected chi connectivity index (χ1v) is 7.85. The van der Waals surface area contributed by atoms with Crippen molar-refractivity contribution in [2.75, 3.05) is 36.5 Å². The highest BCUT2D eigenvalue weighted by atomic mass is 16.5. The van der Waals surface area contributed by atoms with Gasteiger partial charge in [-0.05, 0) is 43.5 Å². The third-order valence-corrected chi connectivity index (χ3v) is 3.92. The summed E-state index contributed by atoms with van der Waals surface area (Å²) in [6.07, 6.45) is 2.58. The Kier molecular flexibility index (Phi) is 5.62. The summed E-state index contributed by atoms with van der Waals surface area (Å²) >= 11 is 0. The van der Waals surface area contributed by atoms with E-state index in [0.29, 0.717) is 6.42 Å². The van der Waals surface area contributed by atoms with Crippen LogP contribution in [-0.4, -0.2) is 32.2 Å². The number of unbranched alkanes of at least 4 members (excludes halogenated alkanes) is 1. The number of ether oxygens (including phenoxy) is 1. The minimum Gasteiger partial charge on any atom is -0.378 e. The zero-order valence-electron chi connectivity index (χ0n) is 13.4. The van der Waals surface area contributed by atoms with E-state index in [1.54, 1.807) is 0 Å². The Labute approximate surface area is 127 Å². The van der Waals surface area contributed by atoms with Crippen LogP contribution in [0.2, 0.25) is 0 Å². The van der Waals surface area contributed by atoms with Crippen LogP contribution in [-0.2, 0) is 9.53 Å². The summed E-state index contributed by atoms with van der Waals surface area (Å²) < 4.78 is 5.40. The van der Waals surface area contributed by atoms with Gasteiger partial charge in [0.15, 0.2) is 0 Å². The van der Waals surface area contributed by atoms with Gasteiger partial charge in [0.1, 0.15) is 0 Å². The lowest BCUT2D eigenvalue weighted by atomic mass is 10.1. The second-order valence-electron chi connectivity index (χ2n) is 5.71. The Balaban J connectivity index is 2.11. The average molecular weight is 290 g/mol. The van der Waals surface area contributed by atoms with Gasteiger partial charge in [-0.1, -0.05) is 13.3 Å². The van der Waals surface area contributed by atoms with Crippen molar-refractivity contribution < 1.29 is 9.53 Å². The molecule has 0 bridgehead atoms. The Morgan fingerprint density at radius 2 is 1.86 bits per heavy atom. The maximum absolute atomic E-state index is 11.9. The lowest BCUT2D eigenvalue weighted by Crippen LogP contribution is -2.36. The van der Waals surface area contributed by atoms with Crippen LogP contribution in [0.1, 0.15) is 37.3 Å². The van der Waals surface area contributed by atoms with E-state index in [9.17, 15) is 4.79 Å². The van der Waals surface area contributed by atoms with Gasteiger partial charge in [0.2, 0.25) is 5.91 Å². The van der Waals surface area contributed by atoms with Crippen molar-refractivity contribution in [3.05, 3.63) is 23.3 Å². The number of carbonyl (C=O) groups excluding carboxylic acids is 1. The topological polar surface area (TPSA) is 41.6 Å². The van der Waals surface area contributed by atoms with Crippen LogP contribution in [0.15, 0.2) is 12.1 Å². The van der Waals surface area contributed by atoms with E-state index in [4.69, 9.17) is 4.74 Å². The van der Waals surface area contributed by atoms with Crippen molar-refractivity contribution in [1.82, 2.24) is 0 Å². The fourth-order valence-electron chi connectivity index (χ4n) is 2.68. The van der Waals surface area contributed by atoms with Gasteiger partial charge in [-0.2, -0.15) is 0 Å². The van der Waals surface area contributed by atoms with E-state index < -0.39 is 0 Å². The molecule has 1 aliphatic heterocycles. The van der Waals surface area contributed by atoms with Crippen LogP contribution < -0.4 is 10.2 Å². The highest BCUT2D eigenvalue weighted by Crippen LogP contribution is 2.28. The molecule has 1 aromatic rings.